The molecule has 0 spiro atoms. The van der Waals surface area contributed by atoms with E-state index >= 15 is 4.39 Å². The van der Waals surface area contributed by atoms with Crippen molar-refractivity contribution in [3.8, 4) is 62.1 Å². The number of rotatable bonds is 8. The molecule has 11 rings (SSSR count). The molecule has 0 amide bonds. The third-order valence-corrected chi connectivity index (χ3v) is 12.0. The van der Waals surface area contributed by atoms with E-state index in [0.717, 1.165) is 81.5 Å². The summed E-state index contributed by atoms with van der Waals surface area (Å²) in [6, 6.07) is 65.3. The molecular formula is C53H32FN5OPt-2. The van der Waals surface area contributed by atoms with E-state index in [2.05, 4.69) is 143 Å². The van der Waals surface area contributed by atoms with Gasteiger partial charge in [-0.15, -0.1) is 0 Å². The van der Waals surface area contributed by atoms with E-state index < -0.39 is 5.82 Å². The summed E-state index contributed by atoms with van der Waals surface area (Å²) in [6.45, 7) is 0. The van der Waals surface area contributed by atoms with Crippen molar-refractivity contribution in [1.82, 2.24) is 23.7 Å². The topological polar surface area (TPSA) is 49.8 Å². The van der Waals surface area contributed by atoms with Gasteiger partial charge >= 0.3 is 298 Å². The first kappa shape index (κ1) is 36.6. The number of hydrogen-bond donors (Lipinski definition) is 0. The SMILES string of the molecule is Fc1cc(Oc2[c-]c3c(cc2)c2ccccc2n3-c2ccc(-c3ccncc3)cn2)[c-]c(-n2[c](=[Pt])n(-c3c(-c4ccccc4)cccc3-c3ccccc3)c3ccccc32)c1. The number of pyridine rings is 2. The molecule has 0 radical (unpaired) electrons. The van der Waals surface area contributed by atoms with Crippen LogP contribution in [0.5, 0.6) is 11.5 Å². The summed E-state index contributed by atoms with van der Waals surface area (Å²) in [7, 11) is 0. The molecule has 0 fully saturated rings. The van der Waals surface area contributed by atoms with Crippen LogP contribution in [0.1, 0.15) is 0 Å². The predicted molar refractivity (Wildman–Crippen MR) is 236 cm³/mol. The number of hydrogen-bond acceptors (Lipinski definition) is 3. The summed E-state index contributed by atoms with van der Waals surface area (Å²) < 4.78 is 29.6. The fourth-order valence-corrected chi connectivity index (χ4v) is 9.31. The Balaban J connectivity index is 1.03. The number of aromatic nitrogens is 5. The molecule has 4 heterocycles. The van der Waals surface area contributed by atoms with Crippen molar-refractivity contribution in [3.05, 3.63) is 216 Å². The van der Waals surface area contributed by atoms with Crippen LogP contribution in [0.25, 0.3) is 83.4 Å². The fraction of sp³-hybridized carbons (Fsp3) is 0. The minimum absolute atomic E-state index is 0.225. The molecule has 294 valence electrons. The average Bonchev–Trinajstić information content (AvgIpc) is 3.80. The molecule has 6 nitrogen and oxygen atoms in total. The van der Waals surface area contributed by atoms with Crippen LogP contribution in [0.15, 0.2) is 195 Å². The van der Waals surface area contributed by atoms with Gasteiger partial charge in [-0.05, 0) is 23.8 Å². The maximum absolute atomic E-state index is 15.9. The van der Waals surface area contributed by atoms with E-state index in [9.17, 15) is 0 Å². The second-order valence-electron chi connectivity index (χ2n) is 14.6. The van der Waals surface area contributed by atoms with Crippen LogP contribution >= 0.6 is 0 Å². The van der Waals surface area contributed by atoms with E-state index in [1.807, 2.05) is 77.5 Å². The molecule has 0 aliphatic heterocycles. The molecule has 0 saturated carbocycles. The van der Waals surface area contributed by atoms with Gasteiger partial charge in [0.25, 0.3) is 0 Å². The summed E-state index contributed by atoms with van der Waals surface area (Å²) in [6.07, 6.45) is 5.42. The van der Waals surface area contributed by atoms with E-state index in [-0.39, 0.29) is 5.75 Å². The van der Waals surface area contributed by atoms with Crippen LogP contribution in [0.2, 0.25) is 0 Å². The number of benzene rings is 7. The molecular weight excluding hydrogens is 937 g/mol. The quantitative estimate of drug-likeness (QED) is 0.143. The molecule has 0 saturated heterocycles. The van der Waals surface area contributed by atoms with Gasteiger partial charge in [-0.25, -0.2) is 0 Å². The predicted octanol–water partition coefficient (Wildman–Crippen LogP) is 12.9. The van der Waals surface area contributed by atoms with Gasteiger partial charge in [0.2, 0.25) is 0 Å². The van der Waals surface area contributed by atoms with Crippen LogP contribution < -0.4 is 4.74 Å². The Labute approximate surface area is 361 Å². The van der Waals surface area contributed by atoms with Crippen molar-refractivity contribution < 1.29 is 28.5 Å². The molecule has 7 aromatic carbocycles. The van der Waals surface area contributed by atoms with Crippen LogP contribution in [0, 0.1) is 21.8 Å². The number of halogens is 1. The summed E-state index contributed by atoms with van der Waals surface area (Å²) in [4.78, 5) is 9.04. The second kappa shape index (κ2) is 15.3. The monoisotopic (exact) mass is 968 g/mol. The average molecular weight is 969 g/mol. The Morgan fingerprint density at radius 2 is 1.16 bits per heavy atom. The zero-order chi connectivity index (χ0) is 40.9. The molecule has 11 aromatic rings. The Bertz CT molecular complexity index is 3410. The Morgan fingerprint density at radius 3 is 1.85 bits per heavy atom. The van der Waals surface area contributed by atoms with Crippen LogP contribution in [0.4, 0.5) is 4.39 Å². The minimum atomic E-state index is -0.451. The van der Waals surface area contributed by atoms with Gasteiger partial charge in [0, 0.05) is 24.2 Å². The van der Waals surface area contributed by atoms with Crippen molar-refractivity contribution in [3.63, 3.8) is 0 Å². The number of fused-ring (bicyclic) bond motifs is 4. The Hall–Kier alpha value is -7.47. The number of imidazole rings is 1. The first-order valence-electron chi connectivity index (χ1n) is 19.7. The van der Waals surface area contributed by atoms with Crippen LogP contribution in [-0.4, -0.2) is 23.7 Å². The normalized spacial score (nSPS) is 11.5. The van der Waals surface area contributed by atoms with Crippen LogP contribution in [-0.2, 0) is 19.4 Å². The van der Waals surface area contributed by atoms with E-state index in [0.29, 0.717) is 11.4 Å². The molecule has 8 heteroatoms. The molecule has 0 aliphatic rings. The van der Waals surface area contributed by atoms with Gasteiger partial charge in [-0.1, -0.05) is 12.1 Å². The van der Waals surface area contributed by atoms with Crippen molar-refractivity contribution >= 4 is 32.8 Å². The van der Waals surface area contributed by atoms with E-state index in [4.69, 9.17) is 9.72 Å². The molecule has 4 aromatic heterocycles. The summed E-state index contributed by atoms with van der Waals surface area (Å²) in [5, 5.41) is 2.06. The number of ether oxygens (including phenoxy) is 1. The summed E-state index contributed by atoms with van der Waals surface area (Å²) in [5.74, 6) is 0.934. The molecule has 61 heavy (non-hydrogen) atoms. The number of nitrogens with zero attached hydrogens (tertiary/aromatic N) is 5. The summed E-state index contributed by atoms with van der Waals surface area (Å²) >= 11 is 2.35. The first-order chi connectivity index (χ1) is 30.1. The molecule has 0 bridgehead atoms. The van der Waals surface area contributed by atoms with E-state index in [1.165, 1.54) is 12.1 Å². The van der Waals surface area contributed by atoms with Crippen molar-refractivity contribution in [2.45, 2.75) is 0 Å². The van der Waals surface area contributed by atoms with Gasteiger partial charge < -0.3 is 0 Å². The first-order valence-corrected chi connectivity index (χ1v) is 20.9. The van der Waals surface area contributed by atoms with Gasteiger partial charge in [0.15, 0.2) is 0 Å². The Morgan fingerprint density at radius 1 is 0.508 bits per heavy atom. The standard InChI is InChI=1S/C53H32FN5O.Pt/c54-40-30-41(57-35-58(50-21-10-9-20-49(50)57)53-44(37-12-3-1-4-13-37)17-11-18-45(53)38-14-5-2-6-15-38)32-43(31-40)60-42-23-24-47-46-16-7-8-19-48(46)59(51(47)33-42)52-25-22-39(34-56-52)36-26-28-55-29-27-36;/h1-31,34H;/q-2;. The molecule has 0 N–H and O–H groups in total. The third-order valence-electron chi connectivity index (χ3n) is 10.9. The van der Waals surface area contributed by atoms with Crippen LogP contribution in [0.3, 0.4) is 0 Å². The summed E-state index contributed by atoms with van der Waals surface area (Å²) in [5.41, 5.74) is 11.5. The van der Waals surface area contributed by atoms with E-state index in [1.54, 1.807) is 12.4 Å². The molecule has 0 atom stereocenters. The van der Waals surface area contributed by atoms with Gasteiger partial charge in [-0.2, -0.15) is 0 Å². The number of para-hydroxylation sites is 4. The second-order valence-corrected chi connectivity index (χ2v) is 15.6. The zero-order valence-electron chi connectivity index (χ0n) is 32.3. The molecule has 0 unspecified atom stereocenters. The van der Waals surface area contributed by atoms with Gasteiger partial charge in [-0.3, -0.25) is 4.98 Å². The molecule has 0 aliphatic carbocycles. The Kier molecular flexibility index (Phi) is 9.17. The fourth-order valence-electron chi connectivity index (χ4n) is 8.23. The van der Waals surface area contributed by atoms with Crippen molar-refractivity contribution in [1.29, 1.82) is 0 Å². The van der Waals surface area contributed by atoms with Crippen molar-refractivity contribution in [2.75, 3.05) is 0 Å². The third kappa shape index (κ3) is 6.51. The zero-order valence-corrected chi connectivity index (χ0v) is 34.6. The maximum atomic E-state index is 15.9. The van der Waals surface area contributed by atoms with Crippen molar-refractivity contribution in [2.24, 2.45) is 0 Å². The van der Waals surface area contributed by atoms with Gasteiger partial charge in [0.05, 0.1) is 0 Å². The van der Waals surface area contributed by atoms with Gasteiger partial charge in [0.1, 0.15) is 0 Å².